The van der Waals surface area contributed by atoms with Crippen molar-refractivity contribution < 1.29 is 13.9 Å². The van der Waals surface area contributed by atoms with E-state index >= 15 is 0 Å². The quantitative estimate of drug-likeness (QED) is 0.894. The average molecular weight is 346 g/mol. The Hall–Kier alpha value is -1.46. The minimum Gasteiger partial charge on any atom is -0.381 e. The Labute approximate surface area is 148 Å². The van der Waals surface area contributed by atoms with Gasteiger partial charge in [-0.25, -0.2) is 4.39 Å². The maximum atomic E-state index is 13.5. The summed E-state index contributed by atoms with van der Waals surface area (Å²) in [4.78, 5) is 15.6. The maximum Gasteiger partial charge on any atom is 0.233 e. The van der Waals surface area contributed by atoms with Crippen LogP contribution in [0.3, 0.4) is 0 Å². The average Bonchev–Trinajstić information content (AvgIpc) is 3.11. The molecule has 0 unspecified atom stereocenters. The lowest BCUT2D eigenvalue weighted by Gasteiger charge is -2.44. The van der Waals surface area contributed by atoms with Crippen LogP contribution < -0.4 is 5.32 Å². The van der Waals surface area contributed by atoms with Gasteiger partial charge in [0.15, 0.2) is 0 Å². The summed E-state index contributed by atoms with van der Waals surface area (Å²) in [6, 6.07) is 6.50. The zero-order valence-corrected chi connectivity index (χ0v) is 14.7. The molecule has 1 amide bonds. The molecule has 3 fully saturated rings. The van der Waals surface area contributed by atoms with E-state index in [4.69, 9.17) is 4.74 Å². The number of likely N-dealkylation sites (tertiary alicyclic amines) is 1. The highest BCUT2D eigenvalue weighted by Gasteiger charge is 2.46. The number of carbonyl (C=O) groups excluding carboxylic acids is 1. The van der Waals surface area contributed by atoms with Gasteiger partial charge in [-0.1, -0.05) is 12.1 Å². The van der Waals surface area contributed by atoms with E-state index in [9.17, 15) is 9.18 Å². The minimum absolute atomic E-state index is 0.211. The monoisotopic (exact) mass is 346 g/mol. The molecule has 0 radical (unpaired) electrons. The minimum atomic E-state index is -0.551. The molecule has 4 rings (SSSR count). The third-order valence-electron chi connectivity index (χ3n) is 6.60. The molecular weight excluding hydrogens is 319 g/mol. The Bertz CT molecular complexity index is 609. The van der Waals surface area contributed by atoms with Crippen LogP contribution in [-0.4, -0.2) is 50.2 Å². The molecule has 3 heterocycles. The number of halogens is 1. The summed E-state index contributed by atoms with van der Waals surface area (Å²) in [5.41, 5.74) is 0.782. The van der Waals surface area contributed by atoms with Crippen molar-refractivity contribution in [3.05, 3.63) is 35.6 Å². The Kier molecular flexibility index (Phi) is 4.54. The molecule has 0 saturated carbocycles. The van der Waals surface area contributed by atoms with E-state index in [1.54, 1.807) is 12.1 Å². The molecule has 136 valence electrons. The van der Waals surface area contributed by atoms with Gasteiger partial charge < -0.3 is 15.0 Å². The number of nitrogens with one attached hydrogen (secondary N) is 1. The van der Waals surface area contributed by atoms with Gasteiger partial charge in [0.2, 0.25) is 5.91 Å². The number of hydrogen-bond acceptors (Lipinski definition) is 3. The summed E-state index contributed by atoms with van der Waals surface area (Å²) >= 11 is 0. The van der Waals surface area contributed by atoms with Gasteiger partial charge in [0.1, 0.15) is 5.82 Å². The van der Waals surface area contributed by atoms with E-state index in [1.165, 1.54) is 18.6 Å². The molecule has 1 aromatic rings. The predicted molar refractivity (Wildman–Crippen MR) is 93.9 cm³/mol. The van der Waals surface area contributed by atoms with Crippen LogP contribution in [0.4, 0.5) is 4.39 Å². The molecule has 1 aromatic carbocycles. The molecule has 1 spiro atoms. The third-order valence-corrected chi connectivity index (χ3v) is 6.60. The summed E-state index contributed by atoms with van der Waals surface area (Å²) in [6.45, 7) is 5.04. The van der Waals surface area contributed by atoms with Crippen LogP contribution in [0.2, 0.25) is 0 Å². The number of nitrogens with zero attached hydrogens (tertiary/aromatic N) is 1. The Morgan fingerprint density at radius 1 is 1.04 bits per heavy atom. The van der Waals surface area contributed by atoms with Gasteiger partial charge in [-0.05, 0) is 61.8 Å². The van der Waals surface area contributed by atoms with Crippen LogP contribution in [0.1, 0.15) is 37.7 Å². The molecule has 5 heteroatoms. The molecule has 3 aliphatic rings. The second-order valence-corrected chi connectivity index (χ2v) is 7.92. The van der Waals surface area contributed by atoms with Crippen LogP contribution in [0.25, 0.3) is 0 Å². The van der Waals surface area contributed by atoms with Gasteiger partial charge in [0.25, 0.3) is 0 Å². The van der Waals surface area contributed by atoms with Crippen LogP contribution in [0.15, 0.2) is 24.3 Å². The van der Waals surface area contributed by atoms with Crippen molar-refractivity contribution in [2.75, 3.05) is 39.4 Å². The first kappa shape index (κ1) is 17.0. The lowest BCUT2D eigenvalue weighted by atomic mass is 9.71. The van der Waals surface area contributed by atoms with Gasteiger partial charge in [-0.2, -0.15) is 0 Å². The largest absolute Gasteiger partial charge is 0.381 e. The smallest absolute Gasteiger partial charge is 0.233 e. The van der Waals surface area contributed by atoms with E-state index in [0.29, 0.717) is 31.5 Å². The number of piperidine rings is 1. The Balaban J connectivity index is 1.55. The van der Waals surface area contributed by atoms with Crippen molar-refractivity contribution in [1.82, 2.24) is 10.2 Å². The first-order chi connectivity index (χ1) is 12.1. The highest BCUT2D eigenvalue weighted by molar-refractivity contribution is 5.88. The fraction of sp³-hybridized carbons (Fsp3) is 0.650. The first-order valence-corrected chi connectivity index (χ1v) is 9.48. The molecule has 0 bridgehead atoms. The summed E-state index contributed by atoms with van der Waals surface area (Å²) in [5, 5.41) is 3.47. The van der Waals surface area contributed by atoms with Crippen molar-refractivity contribution in [3.63, 3.8) is 0 Å². The number of ether oxygens (including phenoxy) is 1. The lowest BCUT2D eigenvalue weighted by Crippen LogP contribution is -2.53. The van der Waals surface area contributed by atoms with E-state index in [1.807, 2.05) is 0 Å². The fourth-order valence-electron chi connectivity index (χ4n) is 4.82. The molecular formula is C20H27FN2O2. The van der Waals surface area contributed by atoms with Gasteiger partial charge in [0, 0.05) is 32.8 Å². The van der Waals surface area contributed by atoms with E-state index in [0.717, 1.165) is 44.6 Å². The molecule has 3 saturated heterocycles. The number of rotatable bonds is 2. The van der Waals surface area contributed by atoms with E-state index < -0.39 is 5.41 Å². The van der Waals surface area contributed by atoms with E-state index in [2.05, 4.69) is 10.2 Å². The van der Waals surface area contributed by atoms with Crippen LogP contribution in [0.5, 0.6) is 0 Å². The summed E-state index contributed by atoms with van der Waals surface area (Å²) in [6.07, 6.45) is 4.76. The standard InChI is InChI=1S/C20H27FN2O2/c21-17-3-1-16(2-4-17)20(8-13-25-14-9-20)18(24)23-11-6-19(7-12-23)5-10-22-15-19/h1-4,22H,5-15H2. The normalized spacial score (nSPS) is 25.2. The molecule has 25 heavy (non-hydrogen) atoms. The second kappa shape index (κ2) is 6.69. The van der Waals surface area contributed by atoms with Gasteiger partial charge in [-0.3, -0.25) is 4.79 Å². The van der Waals surface area contributed by atoms with Crippen molar-refractivity contribution in [1.29, 1.82) is 0 Å². The molecule has 0 aromatic heterocycles. The number of hydrogen-bond donors (Lipinski definition) is 1. The van der Waals surface area contributed by atoms with Gasteiger partial charge in [-0.15, -0.1) is 0 Å². The topological polar surface area (TPSA) is 41.6 Å². The maximum absolute atomic E-state index is 13.5. The van der Waals surface area contributed by atoms with Gasteiger partial charge >= 0.3 is 0 Å². The molecule has 4 nitrogen and oxygen atoms in total. The molecule has 1 N–H and O–H groups in total. The summed E-state index contributed by atoms with van der Waals surface area (Å²) in [5.74, 6) is -0.0460. The lowest BCUT2D eigenvalue weighted by molar-refractivity contribution is -0.143. The van der Waals surface area contributed by atoms with Crippen LogP contribution in [-0.2, 0) is 14.9 Å². The zero-order chi connectivity index (χ0) is 17.3. The first-order valence-electron chi connectivity index (χ1n) is 9.48. The fourth-order valence-corrected chi connectivity index (χ4v) is 4.82. The SMILES string of the molecule is O=C(N1CCC2(CCNC2)CC1)C1(c2ccc(F)cc2)CCOCC1. The highest BCUT2D eigenvalue weighted by Crippen LogP contribution is 2.41. The molecule has 0 aliphatic carbocycles. The Morgan fingerprint density at radius 3 is 2.32 bits per heavy atom. The number of amides is 1. The number of carbonyl (C=O) groups is 1. The summed E-state index contributed by atoms with van der Waals surface area (Å²) in [7, 11) is 0. The van der Waals surface area contributed by atoms with Crippen molar-refractivity contribution >= 4 is 5.91 Å². The van der Waals surface area contributed by atoms with E-state index in [-0.39, 0.29) is 11.7 Å². The highest BCUT2D eigenvalue weighted by atomic mass is 19.1. The summed E-state index contributed by atoms with van der Waals surface area (Å²) < 4.78 is 18.9. The molecule has 3 aliphatic heterocycles. The molecule has 0 atom stereocenters. The number of benzene rings is 1. The van der Waals surface area contributed by atoms with Crippen LogP contribution in [0, 0.1) is 11.2 Å². The van der Waals surface area contributed by atoms with Crippen molar-refractivity contribution in [2.45, 2.75) is 37.5 Å². The predicted octanol–water partition coefficient (Wildman–Crippen LogP) is 2.48. The Morgan fingerprint density at radius 2 is 1.72 bits per heavy atom. The van der Waals surface area contributed by atoms with Crippen LogP contribution >= 0.6 is 0 Å². The zero-order valence-electron chi connectivity index (χ0n) is 14.7. The van der Waals surface area contributed by atoms with Gasteiger partial charge in [0.05, 0.1) is 5.41 Å². The van der Waals surface area contributed by atoms with Crippen molar-refractivity contribution in [2.24, 2.45) is 5.41 Å². The second-order valence-electron chi connectivity index (χ2n) is 7.92. The third kappa shape index (κ3) is 3.08. The van der Waals surface area contributed by atoms with Crippen molar-refractivity contribution in [3.8, 4) is 0 Å².